The van der Waals surface area contributed by atoms with Crippen LogP contribution >= 0.6 is 11.6 Å². The van der Waals surface area contributed by atoms with Crippen LogP contribution in [0, 0.1) is 5.82 Å². The second-order valence-electron chi connectivity index (χ2n) is 3.49. The lowest BCUT2D eigenvalue weighted by Gasteiger charge is -2.06. The fourth-order valence-corrected chi connectivity index (χ4v) is 1.82. The van der Waals surface area contributed by atoms with Crippen LogP contribution in [0.2, 0.25) is 5.02 Å². The summed E-state index contributed by atoms with van der Waals surface area (Å²) < 4.78 is 13.5. The van der Waals surface area contributed by atoms with Gasteiger partial charge < -0.3 is 5.73 Å². The average Bonchev–Trinajstić information content (AvgIpc) is 2.29. The highest BCUT2D eigenvalue weighted by molar-refractivity contribution is 6.33. The molecule has 0 aliphatic heterocycles. The highest BCUT2D eigenvalue weighted by Crippen LogP contribution is 2.28. The molecule has 0 saturated carbocycles. The van der Waals surface area contributed by atoms with E-state index in [1.54, 1.807) is 12.1 Å². The van der Waals surface area contributed by atoms with E-state index in [9.17, 15) is 4.39 Å². The fraction of sp³-hybridized carbons (Fsp3) is 0.0769. The van der Waals surface area contributed by atoms with E-state index >= 15 is 0 Å². The molecule has 82 valence electrons. The van der Waals surface area contributed by atoms with Crippen molar-refractivity contribution in [2.24, 2.45) is 5.73 Å². The zero-order valence-corrected chi connectivity index (χ0v) is 9.34. The van der Waals surface area contributed by atoms with Gasteiger partial charge in [-0.1, -0.05) is 41.9 Å². The summed E-state index contributed by atoms with van der Waals surface area (Å²) in [6.45, 7) is 0.203. The topological polar surface area (TPSA) is 26.0 Å². The highest BCUT2D eigenvalue weighted by Gasteiger charge is 2.06. The molecule has 2 rings (SSSR count). The molecule has 0 unspecified atom stereocenters. The van der Waals surface area contributed by atoms with Crippen molar-refractivity contribution >= 4 is 11.6 Å². The Hall–Kier alpha value is -1.38. The average molecular weight is 236 g/mol. The van der Waals surface area contributed by atoms with E-state index in [1.165, 1.54) is 6.07 Å². The van der Waals surface area contributed by atoms with Crippen LogP contribution in [-0.2, 0) is 6.54 Å². The van der Waals surface area contributed by atoms with E-state index in [4.69, 9.17) is 17.3 Å². The third kappa shape index (κ3) is 2.08. The zero-order valence-electron chi connectivity index (χ0n) is 8.58. The molecule has 0 aliphatic rings. The van der Waals surface area contributed by atoms with Gasteiger partial charge in [0.05, 0.1) is 0 Å². The SMILES string of the molecule is NCc1ccc(-c2ccccc2Cl)cc1F. The molecule has 2 aromatic carbocycles. The second-order valence-corrected chi connectivity index (χ2v) is 3.90. The molecule has 3 heteroatoms. The molecule has 0 spiro atoms. The van der Waals surface area contributed by atoms with Crippen molar-refractivity contribution in [2.75, 3.05) is 0 Å². The van der Waals surface area contributed by atoms with Crippen molar-refractivity contribution in [2.45, 2.75) is 6.54 Å². The number of hydrogen-bond donors (Lipinski definition) is 1. The molecule has 0 aromatic heterocycles. The Labute approximate surface area is 98.7 Å². The van der Waals surface area contributed by atoms with Gasteiger partial charge in [-0.3, -0.25) is 0 Å². The minimum Gasteiger partial charge on any atom is -0.326 e. The van der Waals surface area contributed by atoms with Crippen molar-refractivity contribution in [3.63, 3.8) is 0 Å². The maximum absolute atomic E-state index is 13.5. The molecule has 0 radical (unpaired) electrons. The number of rotatable bonds is 2. The minimum atomic E-state index is -0.292. The maximum Gasteiger partial charge on any atom is 0.128 e. The Morgan fingerprint density at radius 1 is 1.12 bits per heavy atom. The van der Waals surface area contributed by atoms with Crippen molar-refractivity contribution in [3.8, 4) is 11.1 Å². The van der Waals surface area contributed by atoms with E-state index in [0.717, 1.165) is 11.1 Å². The van der Waals surface area contributed by atoms with Crippen LogP contribution in [0.1, 0.15) is 5.56 Å². The van der Waals surface area contributed by atoms with Crippen LogP contribution in [0.5, 0.6) is 0 Å². The third-order valence-corrected chi connectivity index (χ3v) is 2.79. The molecule has 0 aliphatic carbocycles. The highest BCUT2D eigenvalue weighted by atomic mass is 35.5. The Morgan fingerprint density at radius 2 is 1.88 bits per heavy atom. The number of halogens is 2. The van der Waals surface area contributed by atoms with E-state index in [-0.39, 0.29) is 12.4 Å². The Balaban J connectivity index is 2.50. The Morgan fingerprint density at radius 3 is 2.50 bits per heavy atom. The number of benzene rings is 2. The second kappa shape index (κ2) is 4.64. The smallest absolute Gasteiger partial charge is 0.128 e. The molecule has 2 N–H and O–H groups in total. The Kier molecular flexibility index (Phi) is 3.22. The van der Waals surface area contributed by atoms with Crippen LogP contribution in [0.4, 0.5) is 4.39 Å². The van der Waals surface area contributed by atoms with Crippen LogP contribution in [-0.4, -0.2) is 0 Å². The molecule has 0 amide bonds. The molecule has 0 fully saturated rings. The normalized spacial score (nSPS) is 10.4. The summed E-state index contributed by atoms with van der Waals surface area (Å²) in [5.41, 5.74) is 7.50. The van der Waals surface area contributed by atoms with Crippen molar-refractivity contribution in [3.05, 3.63) is 58.9 Å². The molecule has 2 aromatic rings. The van der Waals surface area contributed by atoms with E-state index in [0.29, 0.717) is 10.6 Å². The standard InChI is InChI=1S/C13H11ClFN/c14-12-4-2-1-3-11(12)9-5-6-10(8-16)13(15)7-9/h1-7H,8,16H2. The van der Waals surface area contributed by atoms with Gasteiger partial charge in [0.25, 0.3) is 0 Å². The van der Waals surface area contributed by atoms with Crippen LogP contribution in [0.15, 0.2) is 42.5 Å². The van der Waals surface area contributed by atoms with Gasteiger partial charge in [0.1, 0.15) is 5.82 Å². The lowest BCUT2D eigenvalue weighted by Crippen LogP contribution is -1.99. The largest absolute Gasteiger partial charge is 0.326 e. The van der Waals surface area contributed by atoms with Crippen molar-refractivity contribution < 1.29 is 4.39 Å². The van der Waals surface area contributed by atoms with Gasteiger partial charge in [0, 0.05) is 22.7 Å². The van der Waals surface area contributed by atoms with Gasteiger partial charge in [-0.05, 0) is 17.7 Å². The van der Waals surface area contributed by atoms with Crippen LogP contribution < -0.4 is 5.73 Å². The maximum atomic E-state index is 13.5. The first kappa shape index (κ1) is 11.1. The molecule has 0 atom stereocenters. The Bertz CT molecular complexity index is 511. The molecule has 1 nitrogen and oxygen atoms in total. The molecule has 0 saturated heterocycles. The summed E-state index contributed by atoms with van der Waals surface area (Å²) in [7, 11) is 0. The van der Waals surface area contributed by atoms with Crippen molar-refractivity contribution in [1.82, 2.24) is 0 Å². The van der Waals surface area contributed by atoms with Gasteiger partial charge >= 0.3 is 0 Å². The predicted octanol–water partition coefficient (Wildman–Crippen LogP) is 3.60. The molecular formula is C13H11ClFN. The number of hydrogen-bond acceptors (Lipinski definition) is 1. The van der Waals surface area contributed by atoms with Gasteiger partial charge in [-0.15, -0.1) is 0 Å². The van der Waals surface area contributed by atoms with Gasteiger partial charge in [-0.25, -0.2) is 4.39 Å². The molecule has 0 bridgehead atoms. The third-order valence-electron chi connectivity index (χ3n) is 2.46. The van der Waals surface area contributed by atoms with Gasteiger partial charge in [-0.2, -0.15) is 0 Å². The minimum absolute atomic E-state index is 0.203. The first-order valence-electron chi connectivity index (χ1n) is 4.96. The fourth-order valence-electron chi connectivity index (χ4n) is 1.58. The summed E-state index contributed by atoms with van der Waals surface area (Å²) in [6.07, 6.45) is 0. The monoisotopic (exact) mass is 235 g/mol. The van der Waals surface area contributed by atoms with E-state index in [1.807, 2.05) is 24.3 Å². The summed E-state index contributed by atoms with van der Waals surface area (Å²) in [5, 5.41) is 0.613. The van der Waals surface area contributed by atoms with Crippen LogP contribution in [0.25, 0.3) is 11.1 Å². The van der Waals surface area contributed by atoms with Crippen LogP contribution in [0.3, 0.4) is 0 Å². The predicted molar refractivity (Wildman–Crippen MR) is 64.7 cm³/mol. The molecular weight excluding hydrogens is 225 g/mol. The van der Waals surface area contributed by atoms with E-state index in [2.05, 4.69) is 0 Å². The quantitative estimate of drug-likeness (QED) is 0.846. The lowest BCUT2D eigenvalue weighted by molar-refractivity contribution is 0.611. The summed E-state index contributed by atoms with van der Waals surface area (Å²) >= 11 is 6.04. The first-order chi connectivity index (χ1) is 7.72. The van der Waals surface area contributed by atoms with Gasteiger partial charge in [0.2, 0.25) is 0 Å². The van der Waals surface area contributed by atoms with E-state index < -0.39 is 0 Å². The molecule has 0 heterocycles. The number of nitrogens with two attached hydrogens (primary N) is 1. The zero-order chi connectivity index (χ0) is 11.5. The molecule has 16 heavy (non-hydrogen) atoms. The summed E-state index contributed by atoms with van der Waals surface area (Å²) in [6, 6.07) is 12.3. The van der Waals surface area contributed by atoms with Gasteiger partial charge in [0.15, 0.2) is 0 Å². The summed E-state index contributed by atoms with van der Waals surface area (Å²) in [5.74, 6) is -0.292. The summed E-state index contributed by atoms with van der Waals surface area (Å²) in [4.78, 5) is 0. The lowest BCUT2D eigenvalue weighted by atomic mass is 10.0. The van der Waals surface area contributed by atoms with Crippen molar-refractivity contribution in [1.29, 1.82) is 0 Å². The first-order valence-corrected chi connectivity index (χ1v) is 5.33.